The topological polar surface area (TPSA) is 58.4 Å². The lowest BCUT2D eigenvalue weighted by Gasteiger charge is -2.23. The molecule has 1 unspecified atom stereocenters. The molecule has 2 aromatic rings. The molecule has 1 saturated heterocycles. The minimum atomic E-state index is -0.377. The predicted octanol–water partition coefficient (Wildman–Crippen LogP) is 4.31. The zero-order valence-electron chi connectivity index (χ0n) is 13.3. The molecule has 3 rings (SSSR count). The summed E-state index contributed by atoms with van der Waals surface area (Å²) in [5.41, 5.74) is 1.33. The van der Waals surface area contributed by atoms with Crippen molar-refractivity contribution in [2.75, 3.05) is 11.9 Å². The number of benzene rings is 1. The van der Waals surface area contributed by atoms with Gasteiger partial charge >= 0.3 is 6.03 Å². The molecule has 1 aromatic carbocycles. The van der Waals surface area contributed by atoms with Gasteiger partial charge < -0.3 is 14.7 Å². The SMILES string of the molecule is CC(C)c1cc(C2CCCN2C(=O)Nc2cccc(F)c2)on1. The molecule has 1 aliphatic heterocycles. The maximum Gasteiger partial charge on any atom is 0.322 e. The molecule has 0 bridgehead atoms. The van der Waals surface area contributed by atoms with E-state index in [-0.39, 0.29) is 23.8 Å². The van der Waals surface area contributed by atoms with Crippen LogP contribution in [0.4, 0.5) is 14.9 Å². The summed E-state index contributed by atoms with van der Waals surface area (Å²) in [5.74, 6) is 0.613. The number of hydrogen-bond acceptors (Lipinski definition) is 3. The van der Waals surface area contributed by atoms with E-state index in [1.165, 1.54) is 12.1 Å². The van der Waals surface area contributed by atoms with Gasteiger partial charge in [-0.15, -0.1) is 0 Å². The summed E-state index contributed by atoms with van der Waals surface area (Å²) in [7, 11) is 0. The molecule has 1 aliphatic rings. The number of nitrogens with zero attached hydrogens (tertiary/aromatic N) is 2. The van der Waals surface area contributed by atoms with Gasteiger partial charge in [0.1, 0.15) is 5.82 Å². The highest BCUT2D eigenvalue weighted by Gasteiger charge is 2.33. The van der Waals surface area contributed by atoms with E-state index in [2.05, 4.69) is 10.5 Å². The van der Waals surface area contributed by atoms with Crippen LogP contribution < -0.4 is 5.32 Å². The van der Waals surface area contributed by atoms with Crippen LogP contribution in [0.25, 0.3) is 0 Å². The number of rotatable bonds is 3. The highest BCUT2D eigenvalue weighted by atomic mass is 19.1. The number of anilines is 1. The first-order chi connectivity index (χ1) is 11.0. The molecule has 0 radical (unpaired) electrons. The van der Waals surface area contributed by atoms with E-state index in [9.17, 15) is 9.18 Å². The van der Waals surface area contributed by atoms with Crippen LogP contribution in [0.2, 0.25) is 0 Å². The molecule has 23 heavy (non-hydrogen) atoms. The Morgan fingerprint density at radius 1 is 1.43 bits per heavy atom. The summed E-state index contributed by atoms with van der Waals surface area (Å²) in [5, 5.41) is 6.81. The van der Waals surface area contributed by atoms with Crippen LogP contribution in [0.1, 0.15) is 50.1 Å². The van der Waals surface area contributed by atoms with Crippen LogP contribution >= 0.6 is 0 Å². The highest BCUT2D eigenvalue weighted by molar-refractivity contribution is 5.89. The molecule has 1 N–H and O–H groups in total. The van der Waals surface area contributed by atoms with Gasteiger partial charge in [-0.3, -0.25) is 0 Å². The van der Waals surface area contributed by atoms with E-state index in [0.717, 1.165) is 18.5 Å². The summed E-state index contributed by atoms with van der Waals surface area (Å²) in [6.07, 6.45) is 1.74. The van der Waals surface area contributed by atoms with Crippen molar-refractivity contribution in [3.63, 3.8) is 0 Å². The lowest BCUT2D eigenvalue weighted by Crippen LogP contribution is -2.34. The van der Waals surface area contributed by atoms with Crippen LogP contribution in [0, 0.1) is 5.82 Å². The van der Waals surface area contributed by atoms with Gasteiger partial charge in [-0.2, -0.15) is 0 Å². The summed E-state index contributed by atoms with van der Waals surface area (Å²) in [6.45, 7) is 4.74. The fraction of sp³-hybridized carbons (Fsp3) is 0.412. The molecule has 122 valence electrons. The van der Waals surface area contributed by atoms with Gasteiger partial charge in [-0.25, -0.2) is 9.18 Å². The number of halogens is 1. The first kappa shape index (κ1) is 15.5. The maximum atomic E-state index is 13.2. The first-order valence-corrected chi connectivity index (χ1v) is 7.84. The third-order valence-corrected chi connectivity index (χ3v) is 4.06. The van der Waals surface area contributed by atoms with Crippen molar-refractivity contribution in [3.05, 3.63) is 47.6 Å². The second-order valence-corrected chi connectivity index (χ2v) is 6.10. The fourth-order valence-electron chi connectivity index (χ4n) is 2.80. The number of carbonyl (C=O) groups excluding carboxylic acids is 1. The van der Waals surface area contributed by atoms with Gasteiger partial charge in [0, 0.05) is 18.3 Å². The normalized spacial score (nSPS) is 17.7. The Labute approximate surface area is 134 Å². The van der Waals surface area contributed by atoms with Crippen molar-refractivity contribution < 1.29 is 13.7 Å². The average Bonchev–Trinajstić information content (AvgIpc) is 3.16. The van der Waals surface area contributed by atoms with Crippen LogP contribution in [-0.2, 0) is 0 Å². The van der Waals surface area contributed by atoms with E-state index in [0.29, 0.717) is 18.0 Å². The van der Waals surface area contributed by atoms with Crippen LogP contribution in [0.3, 0.4) is 0 Å². The largest absolute Gasteiger partial charge is 0.359 e. The maximum absolute atomic E-state index is 13.2. The number of carbonyl (C=O) groups is 1. The Morgan fingerprint density at radius 3 is 2.96 bits per heavy atom. The number of urea groups is 1. The minimum absolute atomic E-state index is 0.122. The van der Waals surface area contributed by atoms with Crippen molar-refractivity contribution in [2.24, 2.45) is 0 Å². The number of amides is 2. The smallest absolute Gasteiger partial charge is 0.322 e. The van der Waals surface area contributed by atoms with Gasteiger partial charge in [0.05, 0.1) is 11.7 Å². The van der Waals surface area contributed by atoms with Crippen LogP contribution in [0.15, 0.2) is 34.9 Å². The molecule has 1 atom stereocenters. The molecular formula is C17H20FN3O2. The molecule has 2 amide bonds. The fourth-order valence-corrected chi connectivity index (χ4v) is 2.80. The summed E-state index contributed by atoms with van der Waals surface area (Å²) >= 11 is 0. The molecule has 2 heterocycles. The molecular weight excluding hydrogens is 297 g/mol. The summed E-state index contributed by atoms with van der Waals surface area (Å²) < 4.78 is 18.7. The molecule has 0 spiro atoms. The monoisotopic (exact) mass is 317 g/mol. The van der Waals surface area contributed by atoms with Gasteiger partial charge in [0.25, 0.3) is 0 Å². The zero-order valence-corrected chi connectivity index (χ0v) is 13.3. The molecule has 0 aliphatic carbocycles. The third kappa shape index (κ3) is 3.36. The second-order valence-electron chi connectivity index (χ2n) is 6.10. The Morgan fingerprint density at radius 2 is 2.26 bits per heavy atom. The number of likely N-dealkylation sites (tertiary alicyclic amines) is 1. The number of hydrogen-bond donors (Lipinski definition) is 1. The van der Waals surface area contributed by atoms with Gasteiger partial charge in [0.2, 0.25) is 0 Å². The second kappa shape index (κ2) is 6.40. The summed E-state index contributed by atoms with van der Waals surface area (Å²) in [6, 6.07) is 7.42. The lowest BCUT2D eigenvalue weighted by atomic mass is 10.1. The average molecular weight is 317 g/mol. The number of aromatic nitrogens is 1. The van der Waals surface area contributed by atoms with Gasteiger partial charge in [-0.1, -0.05) is 25.1 Å². The van der Waals surface area contributed by atoms with E-state index >= 15 is 0 Å². The standard InChI is InChI=1S/C17H20FN3O2/c1-11(2)14-10-16(23-20-14)15-7-4-8-21(15)17(22)19-13-6-3-5-12(18)9-13/h3,5-6,9-11,15H,4,7-8H2,1-2H3,(H,19,22). The van der Waals surface area contributed by atoms with Gasteiger partial charge in [-0.05, 0) is 37.0 Å². The Hall–Kier alpha value is -2.37. The van der Waals surface area contributed by atoms with E-state index in [4.69, 9.17) is 4.52 Å². The van der Waals surface area contributed by atoms with E-state index in [1.54, 1.807) is 17.0 Å². The Kier molecular flexibility index (Phi) is 4.32. The van der Waals surface area contributed by atoms with E-state index < -0.39 is 0 Å². The third-order valence-electron chi connectivity index (χ3n) is 4.06. The first-order valence-electron chi connectivity index (χ1n) is 7.84. The van der Waals surface area contributed by atoms with Crippen LogP contribution in [0.5, 0.6) is 0 Å². The van der Waals surface area contributed by atoms with Crippen molar-refractivity contribution >= 4 is 11.7 Å². The molecule has 1 aromatic heterocycles. The highest BCUT2D eigenvalue weighted by Crippen LogP contribution is 2.33. The molecule has 1 fully saturated rings. The van der Waals surface area contributed by atoms with Gasteiger partial charge in [0.15, 0.2) is 5.76 Å². The zero-order chi connectivity index (χ0) is 16.4. The molecule has 6 heteroatoms. The van der Waals surface area contributed by atoms with Crippen LogP contribution in [-0.4, -0.2) is 22.6 Å². The quantitative estimate of drug-likeness (QED) is 0.918. The van der Waals surface area contributed by atoms with E-state index in [1.807, 2.05) is 19.9 Å². The van der Waals surface area contributed by atoms with Crippen molar-refractivity contribution in [3.8, 4) is 0 Å². The summed E-state index contributed by atoms with van der Waals surface area (Å²) in [4.78, 5) is 14.2. The Bertz CT molecular complexity index is 699. The molecule has 5 nitrogen and oxygen atoms in total. The molecule has 0 saturated carbocycles. The Balaban J connectivity index is 1.74. The number of nitrogens with one attached hydrogen (secondary N) is 1. The predicted molar refractivity (Wildman–Crippen MR) is 84.7 cm³/mol. The van der Waals surface area contributed by atoms with Crippen molar-refractivity contribution in [2.45, 2.75) is 38.6 Å². The van der Waals surface area contributed by atoms with Crippen molar-refractivity contribution in [1.29, 1.82) is 0 Å². The van der Waals surface area contributed by atoms with Crippen molar-refractivity contribution in [1.82, 2.24) is 10.1 Å². The minimum Gasteiger partial charge on any atom is -0.359 e. The lowest BCUT2D eigenvalue weighted by molar-refractivity contribution is 0.195.